The fourth-order valence-corrected chi connectivity index (χ4v) is 1.18. The fourth-order valence-electron chi connectivity index (χ4n) is 1.18. The largest absolute Gasteiger partial charge is 0.279 e. The predicted molar refractivity (Wildman–Crippen MR) is 54.2 cm³/mol. The van der Waals surface area contributed by atoms with Gasteiger partial charge in [-0.25, -0.2) is 0 Å². The molecule has 0 aliphatic carbocycles. The molecule has 1 aromatic rings. The minimum absolute atomic E-state index is 0.500. The van der Waals surface area contributed by atoms with Gasteiger partial charge in [0, 0.05) is 6.54 Å². The molecule has 0 unspecified atom stereocenters. The minimum Gasteiger partial charge on any atom is -0.279 e. The van der Waals surface area contributed by atoms with Gasteiger partial charge in [-0.3, -0.25) is 4.90 Å². The molecular formula is C11H14N2. The summed E-state index contributed by atoms with van der Waals surface area (Å²) in [6.45, 7) is 4.99. The Kier molecular flexibility index (Phi) is 3.33. The smallest absolute Gasteiger partial charge is 0.184 e. The van der Waals surface area contributed by atoms with E-state index in [1.165, 1.54) is 0 Å². The highest BCUT2D eigenvalue weighted by molar-refractivity contribution is 5.49. The standard InChI is InChI=1S/C11H14N2/c1-10(2)8-13(9-12)11-6-4-3-5-7-11/h3-7,10H,8H2,1-2H3. The lowest BCUT2D eigenvalue weighted by molar-refractivity contribution is 0.652. The Balaban J connectivity index is 2.75. The van der Waals surface area contributed by atoms with Crippen LogP contribution in [0.5, 0.6) is 0 Å². The average Bonchev–Trinajstić information content (AvgIpc) is 2.15. The van der Waals surface area contributed by atoms with Crippen molar-refractivity contribution in [1.29, 1.82) is 5.26 Å². The predicted octanol–water partition coefficient (Wildman–Crippen LogP) is 2.63. The topological polar surface area (TPSA) is 27.0 Å². The molecule has 2 nitrogen and oxygen atoms in total. The third kappa shape index (κ3) is 2.79. The molecular weight excluding hydrogens is 160 g/mol. The van der Waals surface area contributed by atoms with E-state index in [1.807, 2.05) is 30.3 Å². The Bertz CT molecular complexity index is 285. The first-order valence-electron chi connectivity index (χ1n) is 4.46. The van der Waals surface area contributed by atoms with Crippen LogP contribution >= 0.6 is 0 Å². The van der Waals surface area contributed by atoms with Gasteiger partial charge in [0.15, 0.2) is 6.19 Å². The molecule has 0 aromatic heterocycles. The molecule has 2 heteroatoms. The van der Waals surface area contributed by atoms with Gasteiger partial charge in [0.1, 0.15) is 0 Å². The number of nitriles is 1. The van der Waals surface area contributed by atoms with Gasteiger partial charge in [0.05, 0.1) is 5.69 Å². The summed E-state index contributed by atoms with van der Waals surface area (Å²) in [5.74, 6) is 0.500. The first-order valence-corrected chi connectivity index (χ1v) is 4.46. The van der Waals surface area contributed by atoms with Gasteiger partial charge in [0.2, 0.25) is 0 Å². The van der Waals surface area contributed by atoms with Crippen molar-refractivity contribution >= 4 is 5.69 Å². The second kappa shape index (κ2) is 4.51. The first kappa shape index (κ1) is 9.60. The summed E-state index contributed by atoms with van der Waals surface area (Å²) in [6, 6.07) is 9.74. The summed E-state index contributed by atoms with van der Waals surface area (Å²) >= 11 is 0. The average molecular weight is 174 g/mol. The molecule has 0 bridgehead atoms. The maximum absolute atomic E-state index is 8.90. The van der Waals surface area contributed by atoms with E-state index in [4.69, 9.17) is 5.26 Å². The van der Waals surface area contributed by atoms with Crippen LogP contribution in [-0.4, -0.2) is 6.54 Å². The number of hydrogen-bond acceptors (Lipinski definition) is 2. The third-order valence-corrected chi connectivity index (χ3v) is 1.74. The fraction of sp³-hybridized carbons (Fsp3) is 0.364. The zero-order chi connectivity index (χ0) is 9.68. The molecule has 0 saturated carbocycles. The van der Waals surface area contributed by atoms with E-state index in [2.05, 4.69) is 20.0 Å². The lowest BCUT2D eigenvalue weighted by atomic mass is 10.2. The quantitative estimate of drug-likeness (QED) is 0.520. The number of hydrogen-bond donors (Lipinski definition) is 0. The Hall–Kier alpha value is -1.49. The van der Waals surface area contributed by atoms with Gasteiger partial charge in [0.25, 0.3) is 0 Å². The van der Waals surface area contributed by atoms with Gasteiger partial charge in [-0.15, -0.1) is 0 Å². The van der Waals surface area contributed by atoms with Gasteiger partial charge in [-0.05, 0) is 18.1 Å². The molecule has 0 saturated heterocycles. The summed E-state index contributed by atoms with van der Waals surface area (Å²) in [4.78, 5) is 1.71. The molecule has 0 atom stereocenters. The highest BCUT2D eigenvalue weighted by Crippen LogP contribution is 2.13. The lowest BCUT2D eigenvalue weighted by Gasteiger charge is -2.17. The van der Waals surface area contributed by atoms with E-state index < -0.39 is 0 Å². The number of anilines is 1. The summed E-state index contributed by atoms with van der Waals surface area (Å²) in [5.41, 5.74) is 0.971. The lowest BCUT2D eigenvalue weighted by Crippen LogP contribution is -2.21. The van der Waals surface area contributed by atoms with Gasteiger partial charge >= 0.3 is 0 Å². The van der Waals surface area contributed by atoms with Crippen LogP contribution in [0.25, 0.3) is 0 Å². The SMILES string of the molecule is CC(C)CN(C#N)c1ccccc1. The molecule has 0 heterocycles. The van der Waals surface area contributed by atoms with Crippen molar-refractivity contribution in [3.05, 3.63) is 30.3 Å². The van der Waals surface area contributed by atoms with Crippen LogP contribution in [0.4, 0.5) is 5.69 Å². The van der Waals surface area contributed by atoms with Crippen molar-refractivity contribution in [1.82, 2.24) is 0 Å². The number of nitrogens with zero attached hydrogens (tertiary/aromatic N) is 2. The second-order valence-corrected chi connectivity index (χ2v) is 3.44. The van der Waals surface area contributed by atoms with Crippen LogP contribution in [0.2, 0.25) is 0 Å². The Morgan fingerprint density at radius 3 is 2.38 bits per heavy atom. The molecule has 68 valence electrons. The Labute approximate surface area is 79.4 Å². The van der Waals surface area contributed by atoms with Crippen molar-refractivity contribution in [3.8, 4) is 6.19 Å². The molecule has 1 aromatic carbocycles. The van der Waals surface area contributed by atoms with E-state index >= 15 is 0 Å². The van der Waals surface area contributed by atoms with Crippen LogP contribution in [0.1, 0.15) is 13.8 Å². The highest BCUT2D eigenvalue weighted by atomic mass is 15.1. The molecule has 13 heavy (non-hydrogen) atoms. The van der Waals surface area contributed by atoms with E-state index in [-0.39, 0.29) is 0 Å². The van der Waals surface area contributed by atoms with Crippen LogP contribution in [-0.2, 0) is 0 Å². The van der Waals surface area contributed by atoms with Gasteiger partial charge in [-0.1, -0.05) is 32.0 Å². The minimum atomic E-state index is 0.500. The number of benzene rings is 1. The second-order valence-electron chi connectivity index (χ2n) is 3.44. The number of para-hydroxylation sites is 1. The zero-order valence-corrected chi connectivity index (χ0v) is 8.07. The number of rotatable bonds is 3. The summed E-state index contributed by atoms with van der Waals surface area (Å²) in [6.07, 6.45) is 2.18. The molecule has 1 rings (SSSR count). The molecule has 0 aliphatic rings. The van der Waals surface area contributed by atoms with Crippen LogP contribution in [0.3, 0.4) is 0 Å². The van der Waals surface area contributed by atoms with Crippen molar-refractivity contribution in [2.45, 2.75) is 13.8 Å². The molecule has 0 fully saturated rings. The van der Waals surface area contributed by atoms with E-state index in [0.29, 0.717) is 5.92 Å². The van der Waals surface area contributed by atoms with E-state index in [0.717, 1.165) is 12.2 Å². The van der Waals surface area contributed by atoms with Crippen LogP contribution < -0.4 is 4.90 Å². The van der Waals surface area contributed by atoms with Crippen LogP contribution in [0.15, 0.2) is 30.3 Å². The monoisotopic (exact) mass is 174 g/mol. The van der Waals surface area contributed by atoms with Crippen LogP contribution in [0, 0.1) is 17.4 Å². The molecule has 0 N–H and O–H groups in total. The van der Waals surface area contributed by atoms with Crippen molar-refractivity contribution in [2.24, 2.45) is 5.92 Å². The first-order chi connectivity index (χ1) is 6.24. The molecule has 0 amide bonds. The van der Waals surface area contributed by atoms with E-state index in [9.17, 15) is 0 Å². The normalized spacial score (nSPS) is 9.69. The Morgan fingerprint density at radius 2 is 1.92 bits per heavy atom. The van der Waals surface area contributed by atoms with Gasteiger partial charge in [-0.2, -0.15) is 5.26 Å². The summed E-state index contributed by atoms with van der Waals surface area (Å²) < 4.78 is 0. The highest BCUT2D eigenvalue weighted by Gasteiger charge is 2.05. The maximum Gasteiger partial charge on any atom is 0.184 e. The van der Waals surface area contributed by atoms with Gasteiger partial charge < -0.3 is 0 Å². The molecule has 0 radical (unpaired) electrons. The molecule has 0 spiro atoms. The maximum atomic E-state index is 8.90. The zero-order valence-electron chi connectivity index (χ0n) is 8.07. The van der Waals surface area contributed by atoms with E-state index in [1.54, 1.807) is 4.90 Å². The Morgan fingerprint density at radius 1 is 1.31 bits per heavy atom. The van der Waals surface area contributed by atoms with Crippen molar-refractivity contribution < 1.29 is 0 Å². The van der Waals surface area contributed by atoms with Crippen molar-refractivity contribution in [2.75, 3.05) is 11.4 Å². The molecule has 0 aliphatic heterocycles. The van der Waals surface area contributed by atoms with Crippen molar-refractivity contribution in [3.63, 3.8) is 0 Å². The third-order valence-electron chi connectivity index (χ3n) is 1.74. The summed E-state index contributed by atoms with van der Waals surface area (Å²) in [5, 5.41) is 8.90. The summed E-state index contributed by atoms with van der Waals surface area (Å²) in [7, 11) is 0.